The molecule has 1 nitrogen and oxygen atoms in total. The summed E-state index contributed by atoms with van der Waals surface area (Å²) in [4.78, 5) is 14.1. The van der Waals surface area contributed by atoms with Gasteiger partial charge in [0.1, 0.15) is 5.82 Å². The number of carbonyl (C=O) groups is 1. The second-order valence-electron chi connectivity index (χ2n) is 4.14. The van der Waals surface area contributed by atoms with E-state index >= 15 is 0 Å². The van der Waals surface area contributed by atoms with E-state index in [-0.39, 0.29) is 11.6 Å². The zero-order chi connectivity index (χ0) is 13.6. The third kappa shape index (κ3) is 2.38. The minimum Gasteiger partial charge on any atom is -0.288 e. The molecular formula is C14H8BrFOS2. The highest BCUT2D eigenvalue weighted by Gasteiger charge is 2.17. The maximum Gasteiger partial charge on any atom is 0.204 e. The van der Waals surface area contributed by atoms with Crippen molar-refractivity contribution in [2.45, 2.75) is 6.92 Å². The molecule has 0 N–H and O–H groups in total. The molecule has 3 rings (SSSR count). The Labute approximate surface area is 125 Å². The van der Waals surface area contributed by atoms with Crippen LogP contribution in [0.15, 0.2) is 34.1 Å². The van der Waals surface area contributed by atoms with E-state index in [2.05, 4.69) is 15.9 Å². The van der Waals surface area contributed by atoms with Gasteiger partial charge in [-0.1, -0.05) is 6.07 Å². The van der Waals surface area contributed by atoms with Gasteiger partial charge < -0.3 is 0 Å². The van der Waals surface area contributed by atoms with E-state index in [4.69, 9.17) is 0 Å². The van der Waals surface area contributed by atoms with E-state index in [1.54, 1.807) is 17.4 Å². The van der Waals surface area contributed by atoms with E-state index in [1.165, 1.54) is 23.5 Å². The Morgan fingerprint density at radius 1 is 1.21 bits per heavy atom. The van der Waals surface area contributed by atoms with Gasteiger partial charge in [-0.3, -0.25) is 4.79 Å². The summed E-state index contributed by atoms with van der Waals surface area (Å²) in [5.41, 5.74) is 0.712. The largest absolute Gasteiger partial charge is 0.288 e. The molecule has 0 fully saturated rings. The number of carbonyl (C=O) groups excluding carboxylic acids is 1. The lowest BCUT2D eigenvalue weighted by molar-refractivity contribution is 0.104. The predicted octanol–water partition coefficient (Wildman–Crippen LogP) is 5.40. The minimum atomic E-state index is -0.275. The van der Waals surface area contributed by atoms with Crippen LogP contribution in [0.5, 0.6) is 0 Å². The van der Waals surface area contributed by atoms with Crippen LogP contribution in [0.4, 0.5) is 4.39 Å². The molecule has 2 heterocycles. The molecule has 1 aromatic carbocycles. The van der Waals surface area contributed by atoms with Crippen molar-refractivity contribution in [2.24, 2.45) is 0 Å². The van der Waals surface area contributed by atoms with Gasteiger partial charge >= 0.3 is 0 Å². The highest BCUT2D eigenvalue weighted by atomic mass is 79.9. The number of thiophene rings is 2. The van der Waals surface area contributed by atoms with E-state index < -0.39 is 0 Å². The molecule has 0 bridgehead atoms. The molecule has 0 aliphatic carbocycles. The van der Waals surface area contributed by atoms with Crippen molar-refractivity contribution in [3.63, 3.8) is 0 Å². The van der Waals surface area contributed by atoms with Crippen molar-refractivity contribution in [2.75, 3.05) is 0 Å². The number of ketones is 1. The van der Waals surface area contributed by atoms with Crippen LogP contribution in [0.1, 0.15) is 20.1 Å². The Bertz CT molecular complexity index is 788. The zero-order valence-corrected chi connectivity index (χ0v) is 13.1. The summed E-state index contributed by atoms with van der Waals surface area (Å²) in [6.45, 7) is 1.93. The lowest BCUT2D eigenvalue weighted by Gasteiger charge is -1.94. The summed E-state index contributed by atoms with van der Waals surface area (Å²) in [7, 11) is 0. The summed E-state index contributed by atoms with van der Waals surface area (Å²) in [5.74, 6) is -0.274. The lowest BCUT2D eigenvalue weighted by Crippen LogP contribution is -1.97. The highest BCUT2D eigenvalue weighted by Crippen LogP contribution is 2.32. The topological polar surface area (TPSA) is 17.1 Å². The number of benzene rings is 1. The third-order valence-electron chi connectivity index (χ3n) is 2.84. The van der Waals surface area contributed by atoms with Gasteiger partial charge in [0.25, 0.3) is 0 Å². The maximum absolute atomic E-state index is 13.2. The van der Waals surface area contributed by atoms with Gasteiger partial charge in [0.2, 0.25) is 5.78 Å². The average Bonchev–Trinajstić information content (AvgIpc) is 2.91. The summed E-state index contributed by atoms with van der Waals surface area (Å²) >= 11 is 6.26. The van der Waals surface area contributed by atoms with E-state index in [9.17, 15) is 9.18 Å². The van der Waals surface area contributed by atoms with Gasteiger partial charge in [-0.05, 0) is 52.5 Å². The van der Waals surface area contributed by atoms with E-state index in [0.717, 1.165) is 18.7 Å². The number of hydrogen-bond donors (Lipinski definition) is 0. The molecule has 3 aromatic rings. The van der Waals surface area contributed by atoms with Crippen molar-refractivity contribution in [1.82, 2.24) is 0 Å². The fraction of sp³-hybridized carbons (Fsp3) is 0.0714. The summed E-state index contributed by atoms with van der Waals surface area (Å²) in [6, 6.07) is 8.25. The second-order valence-corrected chi connectivity index (χ2v) is 7.86. The van der Waals surface area contributed by atoms with E-state index in [0.29, 0.717) is 10.4 Å². The first kappa shape index (κ1) is 13.0. The zero-order valence-electron chi connectivity index (χ0n) is 9.87. The Morgan fingerprint density at radius 3 is 2.68 bits per heavy atom. The fourth-order valence-electron chi connectivity index (χ4n) is 1.92. The van der Waals surface area contributed by atoms with Gasteiger partial charge in [0.15, 0.2) is 0 Å². The molecular weight excluding hydrogens is 347 g/mol. The van der Waals surface area contributed by atoms with Crippen molar-refractivity contribution >= 4 is 54.5 Å². The number of rotatable bonds is 2. The van der Waals surface area contributed by atoms with Crippen molar-refractivity contribution in [3.8, 4) is 0 Å². The Kier molecular flexibility index (Phi) is 3.28. The molecule has 19 heavy (non-hydrogen) atoms. The molecule has 0 atom stereocenters. The van der Waals surface area contributed by atoms with Crippen molar-refractivity contribution in [1.29, 1.82) is 0 Å². The SMILES string of the molecule is Cc1sc(Br)cc1C(=O)c1cc2ccc(F)cc2s1. The molecule has 0 saturated heterocycles. The molecule has 2 aromatic heterocycles. The molecule has 96 valence electrons. The van der Waals surface area contributed by atoms with Gasteiger partial charge in [-0.25, -0.2) is 4.39 Å². The van der Waals surface area contributed by atoms with Crippen LogP contribution in [0, 0.1) is 12.7 Å². The second kappa shape index (κ2) is 4.81. The first-order valence-electron chi connectivity index (χ1n) is 5.54. The first-order chi connectivity index (χ1) is 9.04. The Balaban J connectivity index is 2.09. The monoisotopic (exact) mass is 354 g/mol. The highest BCUT2D eigenvalue weighted by molar-refractivity contribution is 9.11. The van der Waals surface area contributed by atoms with Crippen LogP contribution in [-0.2, 0) is 0 Å². The number of aryl methyl sites for hydroxylation is 1. The van der Waals surface area contributed by atoms with Gasteiger partial charge in [-0.15, -0.1) is 22.7 Å². The predicted molar refractivity (Wildman–Crippen MR) is 82.0 cm³/mol. The molecule has 0 aliphatic rings. The minimum absolute atomic E-state index is 0.000980. The van der Waals surface area contributed by atoms with Crippen LogP contribution in [-0.4, -0.2) is 5.78 Å². The standard InChI is InChI=1S/C14H8BrFOS2/c1-7-10(6-13(15)18-7)14(17)12-4-8-2-3-9(16)5-11(8)19-12/h2-6H,1H3. The molecule has 0 unspecified atom stereocenters. The Morgan fingerprint density at radius 2 is 2.00 bits per heavy atom. The molecule has 0 radical (unpaired) electrons. The summed E-state index contributed by atoms with van der Waals surface area (Å²) in [5, 5.41) is 0.904. The lowest BCUT2D eigenvalue weighted by atomic mass is 10.1. The van der Waals surface area contributed by atoms with Crippen molar-refractivity contribution in [3.05, 3.63) is 55.3 Å². The van der Waals surface area contributed by atoms with Gasteiger partial charge in [-0.2, -0.15) is 0 Å². The Hall–Kier alpha value is -1.04. The van der Waals surface area contributed by atoms with Crippen LogP contribution in [0.3, 0.4) is 0 Å². The molecule has 0 saturated carbocycles. The number of fused-ring (bicyclic) bond motifs is 1. The van der Waals surface area contributed by atoms with Crippen LogP contribution >= 0.6 is 38.6 Å². The average molecular weight is 355 g/mol. The van der Waals surface area contributed by atoms with Gasteiger partial charge in [0, 0.05) is 15.1 Å². The van der Waals surface area contributed by atoms with Crippen LogP contribution in [0.2, 0.25) is 0 Å². The fourth-order valence-corrected chi connectivity index (χ4v) is 4.65. The number of hydrogen-bond acceptors (Lipinski definition) is 3. The molecule has 0 spiro atoms. The third-order valence-corrected chi connectivity index (χ3v) is 5.49. The molecule has 0 aliphatic heterocycles. The number of halogens is 2. The normalized spacial score (nSPS) is 11.1. The molecule has 5 heteroatoms. The summed E-state index contributed by atoms with van der Waals surface area (Å²) < 4.78 is 14.9. The molecule has 0 amide bonds. The van der Waals surface area contributed by atoms with Gasteiger partial charge in [0.05, 0.1) is 8.66 Å². The van der Waals surface area contributed by atoms with Crippen LogP contribution < -0.4 is 0 Å². The summed E-state index contributed by atoms with van der Waals surface area (Å²) in [6.07, 6.45) is 0. The van der Waals surface area contributed by atoms with E-state index in [1.807, 2.05) is 19.1 Å². The maximum atomic E-state index is 13.2. The smallest absolute Gasteiger partial charge is 0.204 e. The van der Waals surface area contributed by atoms with Crippen LogP contribution in [0.25, 0.3) is 10.1 Å². The van der Waals surface area contributed by atoms with Crippen molar-refractivity contribution < 1.29 is 9.18 Å². The first-order valence-corrected chi connectivity index (χ1v) is 7.97. The quantitative estimate of drug-likeness (QED) is 0.562.